The average molecular weight is 300 g/mol. The van der Waals surface area contributed by atoms with Crippen molar-refractivity contribution in [1.29, 1.82) is 0 Å². The molecule has 1 unspecified atom stereocenters. The van der Waals surface area contributed by atoms with Gasteiger partial charge in [0.15, 0.2) is 0 Å². The molecule has 0 saturated carbocycles. The zero-order valence-electron chi connectivity index (χ0n) is 12.6. The van der Waals surface area contributed by atoms with Gasteiger partial charge in [-0.05, 0) is 18.4 Å². The van der Waals surface area contributed by atoms with Gasteiger partial charge in [0.05, 0.1) is 33.0 Å². The topological polar surface area (TPSA) is 96.8 Å². The van der Waals surface area contributed by atoms with Crippen LogP contribution in [-0.4, -0.2) is 70.1 Å². The lowest BCUT2D eigenvalue weighted by Gasteiger charge is -2.16. The third-order valence-corrected chi connectivity index (χ3v) is 3.15. The van der Waals surface area contributed by atoms with E-state index >= 15 is 0 Å². The molecule has 1 amide bonds. The third kappa shape index (κ3) is 7.87. The minimum Gasteiger partial charge on any atom is -0.379 e. The fourth-order valence-corrected chi connectivity index (χ4v) is 2.10. The van der Waals surface area contributed by atoms with Crippen molar-refractivity contribution < 1.29 is 19.0 Å². The molecule has 1 saturated heterocycles. The number of amides is 1. The van der Waals surface area contributed by atoms with Crippen molar-refractivity contribution in [3.63, 3.8) is 0 Å². The highest BCUT2D eigenvalue weighted by molar-refractivity contribution is 5.78. The number of azide groups is 1. The molecule has 8 heteroatoms. The molecule has 1 rings (SSSR count). The summed E-state index contributed by atoms with van der Waals surface area (Å²) in [6.07, 6.45) is 0.458. The average Bonchev–Trinajstić information content (AvgIpc) is 2.83. The van der Waals surface area contributed by atoms with Crippen molar-refractivity contribution in [2.24, 2.45) is 11.0 Å². The largest absolute Gasteiger partial charge is 0.379 e. The van der Waals surface area contributed by atoms with E-state index in [0.29, 0.717) is 65.7 Å². The van der Waals surface area contributed by atoms with E-state index in [9.17, 15) is 4.79 Å². The molecule has 0 N–H and O–H groups in total. The van der Waals surface area contributed by atoms with Gasteiger partial charge in [0.25, 0.3) is 0 Å². The fourth-order valence-electron chi connectivity index (χ4n) is 2.10. The van der Waals surface area contributed by atoms with Gasteiger partial charge in [-0.3, -0.25) is 4.79 Å². The second-order valence-corrected chi connectivity index (χ2v) is 4.75. The molecule has 0 spiro atoms. The van der Waals surface area contributed by atoms with E-state index in [0.717, 1.165) is 0 Å². The highest BCUT2D eigenvalue weighted by Gasteiger charge is 2.28. The Morgan fingerprint density at radius 2 is 1.90 bits per heavy atom. The monoisotopic (exact) mass is 300 g/mol. The summed E-state index contributed by atoms with van der Waals surface area (Å²) in [6, 6.07) is 0. The van der Waals surface area contributed by atoms with Gasteiger partial charge in [-0.1, -0.05) is 5.11 Å². The Morgan fingerprint density at radius 1 is 1.24 bits per heavy atom. The zero-order valence-corrected chi connectivity index (χ0v) is 12.6. The molecular weight excluding hydrogens is 276 g/mol. The van der Waals surface area contributed by atoms with E-state index in [1.54, 1.807) is 4.90 Å². The second kappa shape index (κ2) is 11.3. The molecule has 1 fully saturated rings. The van der Waals surface area contributed by atoms with Crippen molar-refractivity contribution >= 4 is 5.91 Å². The predicted octanol–water partition coefficient (Wildman–Crippen LogP) is 1.21. The van der Waals surface area contributed by atoms with E-state index < -0.39 is 0 Å². The van der Waals surface area contributed by atoms with Crippen LogP contribution in [0.2, 0.25) is 0 Å². The van der Waals surface area contributed by atoms with Crippen LogP contribution in [0.4, 0.5) is 0 Å². The highest BCUT2D eigenvalue weighted by Crippen LogP contribution is 2.17. The van der Waals surface area contributed by atoms with Gasteiger partial charge < -0.3 is 19.1 Å². The Kier molecular flexibility index (Phi) is 9.56. The number of carbonyl (C=O) groups is 1. The highest BCUT2D eigenvalue weighted by atomic mass is 16.5. The van der Waals surface area contributed by atoms with E-state index in [1.807, 2.05) is 6.92 Å². The van der Waals surface area contributed by atoms with Gasteiger partial charge in [0.1, 0.15) is 0 Å². The van der Waals surface area contributed by atoms with Gasteiger partial charge in [-0.25, -0.2) is 0 Å². The molecule has 1 aliphatic heterocycles. The quantitative estimate of drug-likeness (QED) is 0.234. The SMILES string of the molecule is CCOCCOCCOCCN1CC(CN=[N+]=[N-])CC1=O. The summed E-state index contributed by atoms with van der Waals surface area (Å²) >= 11 is 0. The molecule has 0 bridgehead atoms. The van der Waals surface area contributed by atoms with Gasteiger partial charge in [-0.2, -0.15) is 0 Å². The molecule has 120 valence electrons. The van der Waals surface area contributed by atoms with Gasteiger partial charge in [0, 0.05) is 37.6 Å². The number of hydrogen-bond acceptors (Lipinski definition) is 5. The van der Waals surface area contributed by atoms with Crippen LogP contribution in [-0.2, 0) is 19.0 Å². The van der Waals surface area contributed by atoms with E-state index in [2.05, 4.69) is 10.0 Å². The normalized spacial score (nSPS) is 18.0. The van der Waals surface area contributed by atoms with Gasteiger partial charge in [0.2, 0.25) is 5.91 Å². The summed E-state index contributed by atoms with van der Waals surface area (Å²) in [5.41, 5.74) is 8.27. The molecule has 0 aromatic heterocycles. The summed E-state index contributed by atoms with van der Waals surface area (Å²) in [5.74, 6) is 0.236. The number of ether oxygens (including phenoxy) is 3. The molecule has 1 aliphatic rings. The maximum Gasteiger partial charge on any atom is 0.223 e. The van der Waals surface area contributed by atoms with Crippen molar-refractivity contribution in [2.45, 2.75) is 13.3 Å². The predicted molar refractivity (Wildman–Crippen MR) is 76.8 cm³/mol. The Bertz CT molecular complexity index is 347. The maximum absolute atomic E-state index is 11.7. The summed E-state index contributed by atoms with van der Waals surface area (Å²) in [5, 5.41) is 3.52. The van der Waals surface area contributed by atoms with Gasteiger partial charge >= 0.3 is 0 Å². The molecule has 8 nitrogen and oxygen atoms in total. The first-order chi connectivity index (χ1) is 10.3. The molecular formula is C13H24N4O4. The van der Waals surface area contributed by atoms with E-state index in [-0.39, 0.29) is 11.8 Å². The lowest BCUT2D eigenvalue weighted by molar-refractivity contribution is -0.128. The molecule has 0 aromatic rings. The van der Waals surface area contributed by atoms with Crippen molar-refractivity contribution in [3.05, 3.63) is 10.4 Å². The Labute approximate surface area is 125 Å². The standard InChI is InChI=1S/C13H24N4O4/c1-2-19-5-6-21-8-7-20-4-3-17-11-12(9-13(17)18)10-15-16-14/h12H,2-11H2,1H3. The van der Waals surface area contributed by atoms with Crippen LogP contribution in [0.1, 0.15) is 13.3 Å². The van der Waals surface area contributed by atoms with Crippen molar-refractivity contribution in [1.82, 2.24) is 4.90 Å². The molecule has 0 aromatic carbocycles. The second-order valence-electron chi connectivity index (χ2n) is 4.75. The number of nitrogens with zero attached hydrogens (tertiary/aromatic N) is 4. The van der Waals surface area contributed by atoms with Crippen LogP contribution < -0.4 is 0 Å². The number of rotatable bonds is 12. The van der Waals surface area contributed by atoms with Crippen LogP contribution >= 0.6 is 0 Å². The molecule has 0 radical (unpaired) electrons. The lowest BCUT2D eigenvalue weighted by atomic mass is 10.1. The fraction of sp³-hybridized carbons (Fsp3) is 0.923. The van der Waals surface area contributed by atoms with Crippen molar-refractivity contribution in [2.75, 3.05) is 59.3 Å². The van der Waals surface area contributed by atoms with Crippen LogP contribution in [0.25, 0.3) is 10.4 Å². The number of carbonyl (C=O) groups excluding carboxylic acids is 1. The first-order valence-electron chi connectivity index (χ1n) is 7.29. The Hall–Kier alpha value is -1.34. The number of hydrogen-bond donors (Lipinski definition) is 0. The van der Waals surface area contributed by atoms with Crippen LogP contribution in [0.5, 0.6) is 0 Å². The van der Waals surface area contributed by atoms with Gasteiger partial charge in [-0.15, -0.1) is 0 Å². The summed E-state index contributed by atoms with van der Waals surface area (Å²) in [4.78, 5) is 16.2. The number of likely N-dealkylation sites (tertiary alicyclic amines) is 1. The molecule has 1 atom stereocenters. The summed E-state index contributed by atoms with van der Waals surface area (Å²) in [6.45, 7) is 6.95. The smallest absolute Gasteiger partial charge is 0.223 e. The minimum absolute atomic E-state index is 0.102. The minimum atomic E-state index is 0.102. The first kappa shape index (κ1) is 17.7. The molecule has 21 heavy (non-hydrogen) atoms. The van der Waals surface area contributed by atoms with E-state index in [4.69, 9.17) is 19.7 Å². The maximum atomic E-state index is 11.7. The zero-order chi connectivity index (χ0) is 15.3. The Morgan fingerprint density at radius 3 is 2.57 bits per heavy atom. The first-order valence-corrected chi connectivity index (χ1v) is 7.29. The summed E-state index contributed by atoms with van der Waals surface area (Å²) < 4.78 is 15.9. The molecule has 0 aliphatic carbocycles. The summed E-state index contributed by atoms with van der Waals surface area (Å²) in [7, 11) is 0. The lowest BCUT2D eigenvalue weighted by Crippen LogP contribution is -2.29. The Balaban J connectivity index is 1.98. The van der Waals surface area contributed by atoms with E-state index in [1.165, 1.54) is 0 Å². The van der Waals surface area contributed by atoms with Crippen LogP contribution in [0.3, 0.4) is 0 Å². The molecule has 1 heterocycles. The third-order valence-electron chi connectivity index (χ3n) is 3.15. The van der Waals surface area contributed by atoms with Crippen molar-refractivity contribution in [3.8, 4) is 0 Å². The van der Waals surface area contributed by atoms with Crippen LogP contribution in [0, 0.1) is 5.92 Å². The van der Waals surface area contributed by atoms with Crippen LogP contribution in [0.15, 0.2) is 5.11 Å².